The summed E-state index contributed by atoms with van der Waals surface area (Å²) in [4.78, 5) is 15.2. The Morgan fingerprint density at radius 3 is 2.70 bits per heavy atom. The first-order valence-corrected chi connectivity index (χ1v) is 7.12. The summed E-state index contributed by atoms with van der Waals surface area (Å²) in [6, 6.07) is 7.92. The predicted octanol–water partition coefficient (Wildman–Crippen LogP) is 2.38. The highest BCUT2D eigenvalue weighted by Gasteiger charge is 2.22. The summed E-state index contributed by atoms with van der Waals surface area (Å²) in [5.41, 5.74) is 1.22. The summed E-state index contributed by atoms with van der Waals surface area (Å²) in [5, 5.41) is 14.1. The molecule has 0 spiro atoms. The molecule has 0 fully saturated rings. The molecule has 0 aliphatic heterocycles. The molecule has 2 rings (SSSR count). The van der Waals surface area contributed by atoms with E-state index in [0.29, 0.717) is 25.8 Å². The molecule has 4 nitrogen and oxygen atoms in total. The van der Waals surface area contributed by atoms with E-state index in [0.717, 1.165) is 16.5 Å². The molecule has 0 bridgehead atoms. The molecule has 0 saturated heterocycles. The Morgan fingerprint density at radius 1 is 1.30 bits per heavy atom. The Kier molecular flexibility index (Phi) is 4.45. The molecular weight excluding hydrogens is 252 g/mol. The SMILES string of the molecule is CCC(O)(CC)CNC(=O)Cc1c[nH]c2ccccc12. The van der Waals surface area contributed by atoms with Crippen molar-refractivity contribution in [3.05, 3.63) is 36.0 Å². The van der Waals surface area contributed by atoms with Crippen molar-refractivity contribution in [2.75, 3.05) is 6.54 Å². The van der Waals surface area contributed by atoms with Gasteiger partial charge in [0, 0.05) is 23.6 Å². The van der Waals surface area contributed by atoms with Crippen molar-refractivity contribution in [3.8, 4) is 0 Å². The number of aromatic amines is 1. The Morgan fingerprint density at radius 2 is 2.00 bits per heavy atom. The van der Waals surface area contributed by atoms with Crippen molar-refractivity contribution in [1.82, 2.24) is 10.3 Å². The second kappa shape index (κ2) is 6.09. The van der Waals surface area contributed by atoms with Gasteiger partial charge < -0.3 is 15.4 Å². The summed E-state index contributed by atoms with van der Waals surface area (Å²) in [7, 11) is 0. The molecule has 0 unspecified atom stereocenters. The lowest BCUT2D eigenvalue weighted by Gasteiger charge is -2.25. The first-order chi connectivity index (χ1) is 9.58. The third-order valence-electron chi connectivity index (χ3n) is 3.96. The molecule has 0 atom stereocenters. The van der Waals surface area contributed by atoms with Crippen molar-refractivity contribution in [2.24, 2.45) is 0 Å². The largest absolute Gasteiger partial charge is 0.388 e. The zero-order chi connectivity index (χ0) is 14.6. The molecule has 1 amide bonds. The lowest BCUT2D eigenvalue weighted by molar-refractivity contribution is -0.121. The number of amides is 1. The molecule has 108 valence electrons. The third-order valence-corrected chi connectivity index (χ3v) is 3.96. The van der Waals surface area contributed by atoms with Gasteiger partial charge in [0.1, 0.15) is 0 Å². The van der Waals surface area contributed by atoms with Crippen LogP contribution in [0.4, 0.5) is 0 Å². The number of hydrogen-bond acceptors (Lipinski definition) is 2. The maximum absolute atomic E-state index is 12.0. The molecule has 2 aromatic rings. The summed E-state index contributed by atoms with van der Waals surface area (Å²) in [6.07, 6.45) is 3.47. The standard InChI is InChI=1S/C16H22N2O2/c1-3-16(20,4-2)11-18-15(19)9-12-10-17-14-8-6-5-7-13(12)14/h5-8,10,17,20H,3-4,9,11H2,1-2H3,(H,18,19). The topological polar surface area (TPSA) is 65.1 Å². The Hall–Kier alpha value is -1.81. The minimum absolute atomic E-state index is 0.0601. The van der Waals surface area contributed by atoms with Crippen LogP contribution in [0.5, 0.6) is 0 Å². The Labute approximate surface area is 119 Å². The molecule has 0 aliphatic carbocycles. The fraction of sp³-hybridized carbons (Fsp3) is 0.438. The van der Waals surface area contributed by atoms with Crippen LogP contribution in [0.1, 0.15) is 32.3 Å². The van der Waals surface area contributed by atoms with Gasteiger partial charge in [-0.15, -0.1) is 0 Å². The molecule has 1 aromatic heterocycles. The summed E-state index contributed by atoms with van der Waals surface area (Å²) in [6.45, 7) is 4.16. The maximum Gasteiger partial charge on any atom is 0.224 e. The lowest BCUT2D eigenvalue weighted by Crippen LogP contribution is -2.42. The van der Waals surface area contributed by atoms with Crippen molar-refractivity contribution in [3.63, 3.8) is 0 Å². The third kappa shape index (κ3) is 3.20. The highest BCUT2D eigenvalue weighted by atomic mass is 16.3. The maximum atomic E-state index is 12.0. The fourth-order valence-corrected chi connectivity index (χ4v) is 2.28. The summed E-state index contributed by atoms with van der Waals surface area (Å²) < 4.78 is 0. The van der Waals surface area contributed by atoms with E-state index in [-0.39, 0.29) is 5.91 Å². The summed E-state index contributed by atoms with van der Waals surface area (Å²) >= 11 is 0. The predicted molar refractivity (Wildman–Crippen MR) is 80.5 cm³/mol. The Balaban J connectivity index is 1.98. The van der Waals surface area contributed by atoms with Crippen LogP contribution in [-0.4, -0.2) is 28.1 Å². The number of hydrogen-bond donors (Lipinski definition) is 3. The number of nitrogens with one attached hydrogen (secondary N) is 2. The van der Waals surface area contributed by atoms with E-state index >= 15 is 0 Å². The number of H-pyrrole nitrogens is 1. The van der Waals surface area contributed by atoms with E-state index in [1.807, 2.05) is 44.3 Å². The van der Waals surface area contributed by atoms with Crippen molar-refractivity contribution < 1.29 is 9.90 Å². The van der Waals surface area contributed by atoms with Crippen LogP contribution in [0.15, 0.2) is 30.5 Å². The fourth-order valence-electron chi connectivity index (χ4n) is 2.28. The van der Waals surface area contributed by atoms with Gasteiger partial charge in [0.15, 0.2) is 0 Å². The molecule has 0 aliphatic rings. The monoisotopic (exact) mass is 274 g/mol. The van der Waals surface area contributed by atoms with Gasteiger partial charge in [-0.25, -0.2) is 0 Å². The van der Waals surface area contributed by atoms with E-state index in [9.17, 15) is 9.90 Å². The molecule has 3 N–H and O–H groups in total. The average molecular weight is 274 g/mol. The van der Waals surface area contributed by atoms with Crippen molar-refractivity contribution in [2.45, 2.75) is 38.7 Å². The van der Waals surface area contributed by atoms with Gasteiger partial charge >= 0.3 is 0 Å². The van der Waals surface area contributed by atoms with E-state index < -0.39 is 5.60 Å². The van der Waals surface area contributed by atoms with Crippen LogP contribution >= 0.6 is 0 Å². The van der Waals surface area contributed by atoms with Crippen molar-refractivity contribution >= 4 is 16.8 Å². The second-order valence-electron chi connectivity index (χ2n) is 5.24. The summed E-state index contributed by atoms with van der Waals surface area (Å²) in [5.74, 6) is -0.0601. The van der Waals surface area contributed by atoms with E-state index in [1.54, 1.807) is 0 Å². The van der Waals surface area contributed by atoms with Gasteiger partial charge in [0.25, 0.3) is 0 Å². The van der Waals surface area contributed by atoms with Crippen LogP contribution in [0.25, 0.3) is 10.9 Å². The molecule has 0 saturated carbocycles. The number of para-hydroxylation sites is 1. The quantitative estimate of drug-likeness (QED) is 0.757. The van der Waals surface area contributed by atoms with Gasteiger partial charge in [-0.3, -0.25) is 4.79 Å². The molecule has 20 heavy (non-hydrogen) atoms. The van der Waals surface area contributed by atoms with Crippen LogP contribution < -0.4 is 5.32 Å². The number of fused-ring (bicyclic) bond motifs is 1. The number of benzene rings is 1. The average Bonchev–Trinajstić information content (AvgIpc) is 2.88. The first kappa shape index (κ1) is 14.6. The van der Waals surface area contributed by atoms with Crippen LogP contribution in [0.3, 0.4) is 0 Å². The minimum atomic E-state index is -0.796. The molecular formula is C16H22N2O2. The number of carbonyl (C=O) groups excluding carboxylic acids is 1. The van der Waals surface area contributed by atoms with E-state index in [2.05, 4.69) is 10.3 Å². The van der Waals surface area contributed by atoms with Gasteiger partial charge in [-0.05, 0) is 24.5 Å². The van der Waals surface area contributed by atoms with E-state index in [4.69, 9.17) is 0 Å². The van der Waals surface area contributed by atoms with Crippen LogP contribution in [0, 0.1) is 0 Å². The van der Waals surface area contributed by atoms with Crippen LogP contribution in [-0.2, 0) is 11.2 Å². The molecule has 1 aromatic carbocycles. The number of carbonyl (C=O) groups is 1. The number of rotatable bonds is 6. The highest BCUT2D eigenvalue weighted by Crippen LogP contribution is 2.18. The Bertz CT molecular complexity index is 585. The molecule has 1 heterocycles. The number of aliphatic hydroxyl groups is 1. The zero-order valence-corrected chi connectivity index (χ0v) is 12.1. The number of aromatic nitrogens is 1. The minimum Gasteiger partial charge on any atom is -0.388 e. The van der Waals surface area contributed by atoms with E-state index in [1.165, 1.54) is 0 Å². The zero-order valence-electron chi connectivity index (χ0n) is 12.1. The lowest BCUT2D eigenvalue weighted by atomic mass is 9.97. The second-order valence-corrected chi connectivity index (χ2v) is 5.24. The smallest absolute Gasteiger partial charge is 0.224 e. The van der Waals surface area contributed by atoms with Gasteiger partial charge in [-0.2, -0.15) is 0 Å². The molecule has 4 heteroatoms. The van der Waals surface area contributed by atoms with Gasteiger partial charge in [0.05, 0.1) is 12.0 Å². The van der Waals surface area contributed by atoms with Gasteiger partial charge in [0.2, 0.25) is 5.91 Å². The van der Waals surface area contributed by atoms with Gasteiger partial charge in [-0.1, -0.05) is 32.0 Å². The van der Waals surface area contributed by atoms with Crippen molar-refractivity contribution in [1.29, 1.82) is 0 Å². The van der Waals surface area contributed by atoms with Crippen LogP contribution in [0.2, 0.25) is 0 Å². The normalized spacial score (nSPS) is 11.8. The first-order valence-electron chi connectivity index (χ1n) is 7.12. The molecule has 0 radical (unpaired) electrons. The highest BCUT2D eigenvalue weighted by molar-refractivity contribution is 5.88.